The maximum Gasteiger partial charge on any atom is 0.0995 e. The van der Waals surface area contributed by atoms with Crippen LogP contribution in [0.15, 0.2) is 35.9 Å². The largest absolute Gasteiger partial charge is 0.363 e. The fourth-order valence-corrected chi connectivity index (χ4v) is 2.11. The van der Waals surface area contributed by atoms with Crippen molar-refractivity contribution in [2.75, 3.05) is 5.88 Å². The Labute approximate surface area is 87.8 Å². The molecule has 2 rings (SSSR count). The summed E-state index contributed by atoms with van der Waals surface area (Å²) < 4.78 is 0. The second-order valence-electron chi connectivity index (χ2n) is 3.10. The molecule has 0 fully saturated rings. The fourth-order valence-electron chi connectivity index (χ4n) is 1.40. The average Bonchev–Trinajstić information content (AvgIpc) is 2.71. The molecule has 0 unspecified atom stereocenters. The average molecular weight is 202 g/mol. The van der Waals surface area contributed by atoms with Crippen molar-refractivity contribution in [1.82, 2.24) is 4.90 Å². The highest BCUT2D eigenvalue weighted by atomic mass is 32.2. The van der Waals surface area contributed by atoms with Crippen LogP contribution >= 0.6 is 11.8 Å². The van der Waals surface area contributed by atoms with E-state index in [1.54, 1.807) is 11.8 Å². The van der Waals surface area contributed by atoms with Gasteiger partial charge in [0, 0.05) is 12.7 Å². The molecule has 1 aromatic carbocycles. The number of benzene rings is 1. The monoisotopic (exact) mass is 202 g/mol. The van der Waals surface area contributed by atoms with Crippen LogP contribution in [0.25, 0.3) is 0 Å². The van der Waals surface area contributed by atoms with Crippen LogP contribution in [0.4, 0.5) is 0 Å². The lowest BCUT2D eigenvalue weighted by molar-refractivity contribution is 0.441. The van der Waals surface area contributed by atoms with Crippen molar-refractivity contribution in [2.24, 2.45) is 0 Å². The van der Waals surface area contributed by atoms with Crippen LogP contribution in [0.1, 0.15) is 11.1 Å². The molecule has 0 saturated carbocycles. The zero-order valence-electron chi connectivity index (χ0n) is 7.68. The highest BCUT2D eigenvalue weighted by molar-refractivity contribution is 8.02. The van der Waals surface area contributed by atoms with E-state index in [0.29, 0.717) is 0 Å². The zero-order valence-corrected chi connectivity index (χ0v) is 8.50. The SMILES string of the molecule is N#Cc1ccccc1CN1C=CSC1. The minimum Gasteiger partial charge on any atom is -0.363 e. The second kappa shape index (κ2) is 4.21. The Bertz CT molecular complexity index is 393. The Morgan fingerprint density at radius 2 is 2.29 bits per heavy atom. The molecule has 0 saturated heterocycles. The van der Waals surface area contributed by atoms with Crippen molar-refractivity contribution in [3.63, 3.8) is 0 Å². The van der Waals surface area contributed by atoms with Crippen LogP contribution in [-0.4, -0.2) is 10.8 Å². The molecule has 3 heteroatoms. The van der Waals surface area contributed by atoms with Crippen molar-refractivity contribution in [2.45, 2.75) is 6.54 Å². The summed E-state index contributed by atoms with van der Waals surface area (Å²) in [4.78, 5) is 2.20. The van der Waals surface area contributed by atoms with Gasteiger partial charge in [-0.15, -0.1) is 11.8 Å². The molecule has 0 atom stereocenters. The number of hydrogen-bond acceptors (Lipinski definition) is 3. The van der Waals surface area contributed by atoms with E-state index < -0.39 is 0 Å². The van der Waals surface area contributed by atoms with Gasteiger partial charge in [0.15, 0.2) is 0 Å². The molecule has 0 N–H and O–H groups in total. The molecule has 1 heterocycles. The first kappa shape index (κ1) is 9.17. The van der Waals surface area contributed by atoms with Crippen molar-refractivity contribution in [1.29, 1.82) is 5.26 Å². The summed E-state index contributed by atoms with van der Waals surface area (Å²) in [5, 5.41) is 11.0. The predicted molar refractivity (Wildman–Crippen MR) is 58.3 cm³/mol. The number of thioether (sulfide) groups is 1. The first-order chi connectivity index (χ1) is 6.90. The standard InChI is InChI=1S/C11H10N2S/c12-7-10-3-1-2-4-11(10)8-13-5-6-14-9-13/h1-6H,8-9H2. The first-order valence-corrected chi connectivity index (χ1v) is 5.45. The van der Waals surface area contributed by atoms with Gasteiger partial charge in [0.25, 0.3) is 0 Å². The van der Waals surface area contributed by atoms with Gasteiger partial charge in [-0.25, -0.2) is 0 Å². The minimum absolute atomic E-state index is 0.776. The van der Waals surface area contributed by atoms with E-state index in [0.717, 1.165) is 23.5 Å². The molecule has 0 spiro atoms. The summed E-state index contributed by atoms with van der Waals surface area (Å²) in [5.74, 6) is 0.986. The molecular formula is C11H10N2S. The Kier molecular flexibility index (Phi) is 2.76. The van der Waals surface area contributed by atoms with Gasteiger partial charge in [0.05, 0.1) is 17.5 Å². The smallest absolute Gasteiger partial charge is 0.0995 e. The second-order valence-corrected chi connectivity index (χ2v) is 3.96. The van der Waals surface area contributed by atoms with Crippen LogP contribution in [0.5, 0.6) is 0 Å². The molecule has 0 amide bonds. The molecule has 1 aliphatic rings. The molecule has 2 nitrogen and oxygen atoms in total. The van der Waals surface area contributed by atoms with Crippen molar-refractivity contribution >= 4 is 11.8 Å². The van der Waals surface area contributed by atoms with Crippen LogP contribution in [-0.2, 0) is 6.54 Å². The normalized spacial score (nSPS) is 14.4. The van der Waals surface area contributed by atoms with Gasteiger partial charge < -0.3 is 4.90 Å². The Morgan fingerprint density at radius 1 is 1.43 bits per heavy atom. The number of hydrogen-bond donors (Lipinski definition) is 0. The molecule has 0 bridgehead atoms. The first-order valence-electron chi connectivity index (χ1n) is 4.40. The maximum absolute atomic E-state index is 8.90. The third-order valence-electron chi connectivity index (χ3n) is 2.12. The van der Waals surface area contributed by atoms with Crippen LogP contribution in [0.3, 0.4) is 0 Å². The van der Waals surface area contributed by atoms with E-state index in [1.165, 1.54) is 0 Å². The van der Waals surface area contributed by atoms with E-state index in [9.17, 15) is 0 Å². The minimum atomic E-state index is 0.776. The summed E-state index contributed by atoms with van der Waals surface area (Å²) in [7, 11) is 0. The van der Waals surface area contributed by atoms with Crippen LogP contribution < -0.4 is 0 Å². The van der Waals surface area contributed by atoms with E-state index >= 15 is 0 Å². The van der Waals surface area contributed by atoms with Gasteiger partial charge in [-0.2, -0.15) is 5.26 Å². The highest BCUT2D eigenvalue weighted by Crippen LogP contribution is 2.19. The Morgan fingerprint density at radius 3 is 3.00 bits per heavy atom. The van der Waals surface area contributed by atoms with Gasteiger partial charge in [0.2, 0.25) is 0 Å². The van der Waals surface area contributed by atoms with E-state index in [-0.39, 0.29) is 0 Å². The highest BCUT2D eigenvalue weighted by Gasteiger charge is 2.07. The van der Waals surface area contributed by atoms with Gasteiger partial charge in [-0.3, -0.25) is 0 Å². The summed E-state index contributed by atoms with van der Waals surface area (Å²) in [6, 6.07) is 9.96. The van der Waals surface area contributed by atoms with E-state index in [4.69, 9.17) is 5.26 Å². The van der Waals surface area contributed by atoms with Gasteiger partial charge in [-0.05, 0) is 17.0 Å². The van der Waals surface area contributed by atoms with Crippen molar-refractivity contribution < 1.29 is 0 Å². The quantitative estimate of drug-likeness (QED) is 0.737. The Hall–Kier alpha value is -1.40. The van der Waals surface area contributed by atoms with Crippen molar-refractivity contribution in [3.05, 3.63) is 47.0 Å². The van der Waals surface area contributed by atoms with E-state index in [2.05, 4.69) is 22.6 Å². The molecule has 1 aromatic rings. The van der Waals surface area contributed by atoms with Crippen LogP contribution in [0.2, 0.25) is 0 Å². The lowest BCUT2D eigenvalue weighted by Crippen LogP contribution is -2.13. The third-order valence-corrected chi connectivity index (χ3v) is 2.91. The summed E-state index contributed by atoms with van der Waals surface area (Å²) in [5.41, 5.74) is 1.87. The van der Waals surface area contributed by atoms with E-state index in [1.807, 2.05) is 24.3 Å². The zero-order chi connectivity index (χ0) is 9.80. The third kappa shape index (κ3) is 1.91. The molecule has 0 aromatic heterocycles. The van der Waals surface area contributed by atoms with Crippen LogP contribution in [0, 0.1) is 11.3 Å². The molecule has 0 radical (unpaired) electrons. The number of rotatable bonds is 2. The summed E-state index contributed by atoms with van der Waals surface area (Å²) in [6.07, 6.45) is 2.07. The number of nitrogens with zero attached hydrogens (tertiary/aromatic N) is 2. The topological polar surface area (TPSA) is 27.0 Å². The molecular weight excluding hydrogens is 192 g/mol. The molecule has 70 valence electrons. The fraction of sp³-hybridized carbons (Fsp3) is 0.182. The molecule has 1 aliphatic heterocycles. The molecule has 0 aliphatic carbocycles. The van der Waals surface area contributed by atoms with Gasteiger partial charge in [-0.1, -0.05) is 18.2 Å². The lowest BCUT2D eigenvalue weighted by atomic mass is 10.1. The molecule has 14 heavy (non-hydrogen) atoms. The number of nitriles is 1. The van der Waals surface area contributed by atoms with Crippen molar-refractivity contribution in [3.8, 4) is 6.07 Å². The lowest BCUT2D eigenvalue weighted by Gasteiger charge is -2.15. The maximum atomic E-state index is 8.90. The summed E-state index contributed by atoms with van der Waals surface area (Å²) in [6.45, 7) is 0.827. The summed E-state index contributed by atoms with van der Waals surface area (Å²) >= 11 is 1.78. The Balaban J connectivity index is 2.16. The predicted octanol–water partition coefficient (Wildman–Crippen LogP) is 2.54. The van der Waals surface area contributed by atoms with Gasteiger partial charge in [0.1, 0.15) is 0 Å². The van der Waals surface area contributed by atoms with Gasteiger partial charge >= 0.3 is 0 Å².